The summed E-state index contributed by atoms with van der Waals surface area (Å²) in [4.78, 5) is 25.9. The van der Waals surface area contributed by atoms with E-state index in [0.29, 0.717) is 19.5 Å². The fourth-order valence-electron chi connectivity index (χ4n) is 2.82. The van der Waals surface area contributed by atoms with Gasteiger partial charge in [-0.05, 0) is 41.7 Å². The number of carbonyl (C=O) groups is 2. The van der Waals surface area contributed by atoms with E-state index in [0.717, 1.165) is 18.4 Å². The van der Waals surface area contributed by atoms with Crippen LogP contribution in [0.4, 0.5) is 4.79 Å². The molecule has 1 fully saturated rings. The molecule has 1 unspecified atom stereocenters. The molecular formula is C17H21N3O2S. The number of urea groups is 1. The number of hydrogen-bond acceptors (Lipinski definition) is 3. The molecule has 122 valence electrons. The highest BCUT2D eigenvalue weighted by Crippen LogP contribution is 2.26. The largest absolute Gasteiger partial charge is 0.354 e. The van der Waals surface area contributed by atoms with Crippen LogP contribution in [0.2, 0.25) is 0 Å². The van der Waals surface area contributed by atoms with E-state index in [9.17, 15) is 9.59 Å². The van der Waals surface area contributed by atoms with Crippen molar-refractivity contribution in [2.45, 2.75) is 31.8 Å². The third kappa shape index (κ3) is 3.64. The Labute approximate surface area is 139 Å². The van der Waals surface area contributed by atoms with Crippen LogP contribution >= 0.6 is 11.3 Å². The van der Waals surface area contributed by atoms with Crippen LogP contribution < -0.4 is 10.6 Å². The minimum atomic E-state index is -0.424. The molecule has 23 heavy (non-hydrogen) atoms. The third-order valence-corrected chi connectivity index (χ3v) is 5.16. The molecular weight excluding hydrogens is 310 g/mol. The maximum atomic E-state index is 12.4. The number of fused-ring (bicyclic) bond motifs is 1. The molecule has 0 bridgehead atoms. The fourth-order valence-corrected chi connectivity index (χ4v) is 3.77. The smallest absolute Gasteiger partial charge is 0.318 e. The van der Waals surface area contributed by atoms with Crippen molar-refractivity contribution in [2.24, 2.45) is 0 Å². The average molecular weight is 331 g/mol. The summed E-state index contributed by atoms with van der Waals surface area (Å²) >= 11 is 1.68. The van der Waals surface area contributed by atoms with E-state index in [-0.39, 0.29) is 11.9 Å². The van der Waals surface area contributed by atoms with E-state index in [1.165, 1.54) is 10.1 Å². The first-order valence-corrected chi connectivity index (χ1v) is 8.77. The van der Waals surface area contributed by atoms with Crippen LogP contribution in [0.1, 0.15) is 24.8 Å². The quantitative estimate of drug-likeness (QED) is 0.908. The Morgan fingerprint density at radius 3 is 3.09 bits per heavy atom. The Kier molecular flexibility index (Phi) is 4.81. The molecule has 0 radical (unpaired) electrons. The van der Waals surface area contributed by atoms with Crippen molar-refractivity contribution >= 4 is 33.4 Å². The van der Waals surface area contributed by atoms with Crippen molar-refractivity contribution in [2.75, 3.05) is 13.6 Å². The Balaban J connectivity index is 1.64. The SMILES string of the molecule is CN(Cc1csc2ccccc12)C(=O)NC1CCCCNC1=O. The van der Waals surface area contributed by atoms with E-state index >= 15 is 0 Å². The highest BCUT2D eigenvalue weighted by atomic mass is 32.1. The number of carbonyl (C=O) groups excluding carboxylic acids is 2. The normalized spacial score (nSPS) is 18.3. The van der Waals surface area contributed by atoms with Crippen LogP contribution in [0.25, 0.3) is 10.1 Å². The lowest BCUT2D eigenvalue weighted by atomic mass is 10.1. The van der Waals surface area contributed by atoms with Crippen LogP contribution in [0.3, 0.4) is 0 Å². The Bertz CT molecular complexity index is 713. The van der Waals surface area contributed by atoms with Gasteiger partial charge in [0.15, 0.2) is 0 Å². The number of hydrogen-bond donors (Lipinski definition) is 2. The zero-order valence-corrected chi connectivity index (χ0v) is 14.0. The molecule has 5 nitrogen and oxygen atoms in total. The van der Waals surface area contributed by atoms with Gasteiger partial charge < -0.3 is 15.5 Å². The molecule has 3 amide bonds. The van der Waals surface area contributed by atoms with E-state index in [1.807, 2.05) is 12.1 Å². The van der Waals surface area contributed by atoms with E-state index in [1.54, 1.807) is 23.3 Å². The monoisotopic (exact) mass is 331 g/mol. The van der Waals surface area contributed by atoms with Crippen LogP contribution in [0, 0.1) is 0 Å². The first kappa shape index (κ1) is 15.8. The molecule has 0 spiro atoms. The maximum absolute atomic E-state index is 12.4. The summed E-state index contributed by atoms with van der Waals surface area (Å²) in [6, 6.07) is 7.55. The summed E-state index contributed by atoms with van der Waals surface area (Å²) < 4.78 is 1.22. The van der Waals surface area contributed by atoms with Crippen molar-refractivity contribution < 1.29 is 9.59 Å². The van der Waals surface area contributed by atoms with Crippen LogP contribution in [-0.4, -0.2) is 36.5 Å². The summed E-state index contributed by atoms with van der Waals surface area (Å²) in [6.07, 6.45) is 2.62. The van der Waals surface area contributed by atoms with Gasteiger partial charge >= 0.3 is 6.03 Å². The first-order chi connectivity index (χ1) is 11.1. The Morgan fingerprint density at radius 1 is 1.39 bits per heavy atom. The second-order valence-electron chi connectivity index (χ2n) is 5.90. The van der Waals surface area contributed by atoms with Crippen LogP contribution in [0.5, 0.6) is 0 Å². The molecule has 0 saturated carbocycles. The molecule has 6 heteroatoms. The van der Waals surface area contributed by atoms with Gasteiger partial charge in [0.05, 0.1) is 0 Å². The zero-order chi connectivity index (χ0) is 16.2. The highest BCUT2D eigenvalue weighted by Gasteiger charge is 2.23. The number of benzene rings is 1. The van der Waals surface area contributed by atoms with E-state index in [2.05, 4.69) is 28.1 Å². The second kappa shape index (κ2) is 7.00. The minimum Gasteiger partial charge on any atom is -0.354 e. The Hall–Kier alpha value is -2.08. The van der Waals surface area contributed by atoms with E-state index in [4.69, 9.17) is 0 Å². The molecule has 0 aliphatic carbocycles. The van der Waals surface area contributed by atoms with Gasteiger partial charge in [-0.1, -0.05) is 18.2 Å². The van der Waals surface area contributed by atoms with Gasteiger partial charge in [0, 0.05) is 24.8 Å². The molecule has 2 N–H and O–H groups in total. The fraction of sp³-hybridized carbons (Fsp3) is 0.412. The Morgan fingerprint density at radius 2 is 2.22 bits per heavy atom. The predicted octanol–water partition coefficient (Wildman–Crippen LogP) is 2.71. The summed E-state index contributed by atoms with van der Waals surface area (Å²) in [5.41, 5.74) is 1.13. The summed E-state index contributed by atoms with van der Waals surface area (Å²) in [5.74, 6) is -0.0785. The average Bonchev–Trinajstić information content (AvgIpc) is 2.85. The van der Waals surface area contributed by atoms with Gasteiger partial charge in [0.2, 0.25) is 5.91 Å². The molecule has 1 aliphatic rings. The van der Waals surface area contributed by atoms with Crippen molar-refractivity contribution in [3.63, 3.8) is 0 Å². The second-order valence-corrected chi connectivity index (χ2v) is 6.81. The zero-order valence-electron chi connectivity index (χ0n) is 13.2. The topological polar surface area (TPSA) is 61.4 Å². The lowest BCUT2D eigenvalue weighted by Crippen LogP contribution is -2.49. The molecule has 2 heterocycles. The number of nitrogens with one attached hydrogen (secondary N) is 2. The molecule has 1 aliphatic heterocycles. The molecule has 1 saturated heterocycles. The van der Waals surface area contributed by atoms with Crippen molar-refractivity contribution in [1.82, 2.24) is 15.5 Å². The lowest BCUT2D eigenvalue weighted by Gasteiger charge is -2.22. The molecule has 3 rings (SSSR count). The molecule has 1 aromatic carbocycles. The van der Waals surface area contributed by atoms with Crippen LogP contribution in [-0.2, 0) is 11.3 Å². The summed E-state index contributed by atoms with van der Waals surface area (Å²) in [6.45, 7) is 1.23. The minimum absolute atomic E-state index is 0.0785. The molecule has 1 aromatic heterocycles. The van der Waals surface area contributed by atoms with Crippen molar-refractivity contribution in [1.29, 1.82) is 0 Å². The molecule has 2 aromatic rings. The van der Waals surface area contributed by atoms with E-state index < -0.39 is 6.04 Å². The van der Waals surface area contributed by atoms with Crippen molar-refractivity contribution in [3.05, 3.63) is 35.2 Å². The number of nitrogens with zero attached hydrogens (tertiary/aromatic N) is 1. The van der Waals surface area contributed by atoms with Gasteiger partial charge in [-0.3, -0.25) is 4.79 Å². The molecule has 1 atom stereocenters. The number of amides is 3. The standard InChI is InChI=1S/C17H21N3O2S/c1-20(10-12-11-23-15-8-3-2-6-13(12)15)17(22)19-14-7-4-5-9-18-16(14)21/h2-3,6,8,11,14H,4-5,7,9-10H2,1H3,(H,18,21)(H,19,22). The number of rotatable bonds is 3. The first-order valence-electron chi connectivity index (χ1n) is 7.89. The highest BCUT2D eigenvalue weighted by molar-refractivity contribution is 7.17. The van der Waals surface area contributed by atoms with Crippen LogP contribution in [0.15, 0.2) is 29.6 Å². The summed E-state index contributed by atoms with van der Waals surface area (Å²) in [5, 5.41) is 8.96. The van der Waals surface area contributed by atoms with Gasteiger partial charge in [-0.25, -0.2) is 4.79 Å². The predicted molar refractivity (Wildman–Crippen MR) is 92.5 cm³/mol. The van der Waals surface area contributed by atoms with Gasteiger partial charge in [-0.2, -0.15) is 0 Å². The third-order valence-electron chi connectivity index (χ3n) is 4.15. The summed E-state index contributed by atoms with van der Waals surface area (Å²) in [7, 11) is 1.76. The lowest BCUT2D eigenvalue weighted by molar-refractivity contribution is -0.122. The maximum Gasteiger partial charge on any atom is 0.318 e. The number of thiophene rings is 1. The van der Waals surface area contributed by atoms with Gasteiger partial charge in [0.25, 0.3) is 0 Å². The van der Waals surface area contributed by atoms with Gasteiger partial charge in [-0.15, -0.1) is 11.3 Å². The van der Waals surface area contributed by atoms with Gasteiger partial charge in [0.1, 0.15) is 6.04 Å². The van der Waals surface area contributed by atoms with Crippen molar-refractivity contribution in [3.8, 4) is 0 Å².